The second kappa shape index (κ2) is 6.79. The molecule has 0 aliphatic heterocycles. The van der Waals surface area contributed by atoms with Gasteiger partial charge in [-0.25, -0.2) is 9.37 Å². The number of hydrogen-bond acceptors (Lipinski definition) is 4. The smallest absolute Gasteiger partial charge is 0.217 e. The van der Waals surface area contributed by atoms with Crippen LogP contribution in [0.3, 0.4) is 0 Å². The molecule has 25 heavy (non-hydrogen) atoms. The molecule has 2 aromatic rings. The first-order valence-corrected chi connectivity index (χ1v) is 9.11. The zero-order valence-corrected chi connectivity index (χ0v) is 14.9. The molecular formula is C19H20ClFN2O2. The van der Waals surface area contributed by atoms with Gasteiger partial charge in [0.25, 0.3) is 0 Å². The third-order valence-electron chi connectivity index (χ3n) is 4.59. The molecular weight excluding hydrogens is 343 g/mol. The maximum absolute atomic E-state index is 14.4. The topological polar surface area (TPSA) is 44.2 Å². The van der Waals surface area contributed by atoms with Gasteiger partial charge in [0.05, 0.1) is 11.6 Å². The monoisotopic (exact) mass is 362 g/mol. The van der Waals surface area contributed by atoms with Crippen molar-refractivity contribution in [2.24, 2.45) is 5.92 Å². The molecule has 0 radical (unpaired) electrons. The summed E-state index contributed by atoms with van der Waals surface area (Å²) in [5, 5.41) is 0.238. The predicted molar refractivity (Wildman–Crippen MR) is 93.7 cm³/mol. The molecule has 1 aromatic heterocycles. The summed E-state index contributed by atoms with van der Waals surface area (Å²) in [5.74, 6) is 1.08. The fourth-order valence-electron chi connectivity index (χ4n) is 2.70. The normalized spacial score (nSPS) is 17.2. The van der Waals surface area contributed by atoms with Crippen LogP contribution in [0.5, 0.6) is 11.6 Å². The summed E-state index contributed by atoms with van der Waals surface area (Å²) in [6.45, 7) is 2.38. The quantitative estimate of drug-likeness (QED) is 0.728. The van der Waals surface area contributed by atoms with Crippen LogP contribution in [0, 0.1) is 18.7 Å². The minimum atomic E-state index is -0.491. The largest absolute Gasteiger partial charge is 0.489 e. The lowest BCUT2D eigenvalue weighted by Crippen LogP contribution is -2.25. The summed E-state index contributed by atoms with van der Waals surface area (Å²) in [6, 6.07) is 4.82. The zero-order chi connectivity index (χ0) is 17.4. The van der Waals surface area contributed by atoms with E-state index in [1.54, 1.807) is 12.1 Å². The van der Waals surface area contributed by atoms with Crippen molar-refractivity contribution in [3.63, 3.8) is 0 Å². The van der Waals surface area contributed by atoms with Crippen molar-refractivity contribution in [1.29, 1.82) is 0 Å². The highest BCUT2D eigenvalue weighted by Gasteiger charge is 2.24. The summed E-state index contributed by atoms with van der Waals surface area (Å²) in [5.41, 5.74) is 1.29. The van der Waals surface area contributed by atoms with Gasteiger partial charge in [0.1, 0.15) is 6.10 Å². The molecule has 2 aliphatic carbocycles. The molecule has 0 atom stereocenters. The molecule has 0 saturated heterocycles. The average Bonchev–Trinajstić information content (AvgIpc) is 3.34. The number of halogens is 2. The summed E-state index contributed by atoms with van der Waals surface area (Å²) in [7, 11) is 0. The van der Waals surface area contributed by atoms with Crippen molar-refractivity contribution in [2.75, 3.05) is 6.61 Å². The molecule has 2 aliphatic rings. The average molecular weight is 363 g/mol. The Bertz CT molecular complexity index is 768. The standard InChI is InChI=1S/C19H20ClFN2O2/c1-11-7-17(25-14-3-2-4-14)23-19(22-11)13-8-15(20)18(16(21)9-13)24-10-12-5-6-12/h7-9,12,14H,2-6,10H2,1H3. The van der Waals surface area contributed by atoms with Crippen molar-refractivity contribution < 1.29 is 13.9 Å². The van der Waals surface area contributed by atoms with E-state index >= 15 is 0 Å². The molecule has 1 heterocycles. The Morgan fingerprint density at radius 3 is 2.60 bits per heavy atom. The molecule has 4 nitrogen and oxygen atoms in total. The Balaban J connectivity index is 1.59. The Hall–Kier alpha value is -1.88. The minimum absolute atomic E-state index is 0.107. The van der Waals surface area contributed by atoms with E-state index in [1.807, 2.05) is 6.92 Å². The predicted octanol–water partition coefficient (Wildman–Crippen LogP) is 4.96. The van der Waals surface area contributed by atoms with Crippen LogP contribution < -0.4 is 9.47 Å². The lowest BCUT2D eigenvalue weighted by atomic mass is 9.96. The van der Waals surface area contributed by atoms with Crippen molar-refractivity contribution in [2.45, 2.75) is 45.1 Å². The first-order valence-electron chi connectivity index (χ1n) is 8.73. The number of hydrogen-bond donors (Lipinski definition) is 0. The fraction of sp³-hybridized carbons (Fsp3) is 0.474. The van der Waals surface area contributed by atoms with Crippen molar-refractivity contribution in [1.82, 2.24) is 9.97 Å². The highest BCUT2D eigenvalue weighted by Crippen LogP contribution is 2.36. The molecule has 0 spiro atoms. The molecule has 1 aromatic carbocycles. The van der Waals surface area contributed by atoms with Gasteiger partial charge in [-0.2, -0.15) is 4.98 Å². The molecule has 6 heteroatoms. The number of benzene rings is 1. The number of ether oxygens (including phenoxy) is 2. The first-order chi connectivity index (χ1) is 12.1. The fourth-order valence-corrected chi connectivity index (χ4v) is 2.96. The van der Waals surface area contributed by atoms with E-state index in [4.69, 9.17) is 21.1 Å². The van der Waals surface area contributed by atoms with Crippen LogP contribution in [-0.2, 0) is 0 Å². The minimum Gasteiger partial charge on any atom is -0.489 e. The van der Waals surface area contributed by atoms with Gasteiger partial charge in [-0.1, -0.05) is 11.6 Å². The summed E-state index contributed by atoms with van der Waals surface area (Å²) in [4.78, 5) is 8.82. The summed E-state index contributed by atoms with van der Waals surface area (Å²) in [6.07, 6.45) is 5.78. The van der Waals surface area contributed by atoms with Gasteiger partial charge in [0, 0.05) is 17.3 Å². The van der Waals surface area contributed by atoms with E-state index in [-0.39, 0.29) is 16.9 Å². The number of aryl methyl sites for hydroxylation is 1. The molecule has 0 N–H and O–H groups in total. The number of rotatable bonds is 6. The SMILES string of the molecule is Cc1cc(OC2CCC2)nc(-c2cc(F)c(OCC3CC3)c(Cl)c2)n1. The second-order valence-corrected chi connectivity index (χ2v) is 7.27. The summed E-state index contributed by atoms with van der Waals surface area (Å²) >= 11 is 6.23. The first kappa shape index (κ1) is 16.6. The van der Waals surface area contributed by atoms with E-state index in [1.165, 1.54) is 12.5 Å². The molecule has 4 rings (SSSR count). The van der Waals surface area contributed by atoms with Crippen LogP contribution in [0.25, 0.3) is 11.4 Å². The van der Waals surface area contributed by atoms with Gasteiger partial charge in [-0.3, -0.25) is 0 Å². The molecule has 0 unspecified atom stereocenters. The number of nitrogens with zero attached hydrogens (tertiary/aromatic N) is 2. The van der Waals surface area contributed by atoms with Gasteiger partial charge in [0.2, 0.25) is 5.88 Å². The van der Waals surface area contributed by atoms with Gasteiger partial charge < -0.3 is 9.47 Å². The van der Waals surface area contributed by atoms with Gasteiger partial charge in [0.15, 0.2) is 17.4 Å². The lowest BCUT2D eigenvalue weighted by molar-refractivity contribution is 0.114. The van der Waals surface area contributed by atoms with Gasteiger partial charge in [-0.15, -0.1) is 0 Å². The zero-order valence-electron chi connectivity index (χ0n) is 14.1. The maximum Gasteiger partial charge on any atom is 0.217 e. The summed E-state index contributed by atoms with van der Waals surface area (Å²) < 4.78 is 25.8. The molecule has 2 saturated carbocycles. The van der Waals surface area contributed by atoms with E-state index < -0.39 is 5.82 Å². The maximum atomic E-state index is 14.4. The van der Waals surface area contributed by atoms with Crippen LogP contribution in [0.1, 0.15) is 37.8 Å². The van der Waals surface area contributed by atoms with E-state index in [0.29, 0.717) is 29.8 Å². The molecule has 2 fully saturated rings. The Morgan fingerprint density at radius 1 is 1.16 bits per heavy atom. The van der Waals surface area contributed by atoms with Crippen LogP contribution in [0.15, 0.2) is 18.2 Å². The lowest BCUT2D eigenvalue weighted by Gasteiger charge is -2.25. The molecule has 132 valence electrons. The van der Waals surface area contributed by atoms with Crippen molar-refractivity contribution in [3.05, 3.63) is 34.7 Å². The van der Waals surface area contributed by atoms with Crippen LogP contribution in [-0.4, -0.2) is 22.7 Å². The molecule has 0 bridgehead atoms. The Labute approximate surface area is 151 Å². The third kappa shape index (κ3) is 3.87. The van der Waals surface area contributed by atoms with E-state index in [0.717, 1.165) is 31.4 Å². The van der Waals surface area contributed by atoms with Crippen molar-refractivity contribution in [3.8, 4) is 23.0 Å². The Morgan fingerprint density at radius 2 is 1.96 bits per heavy atom. The van der Waals surface area contributed by atoms with Gasteiger partial charge in [-0.05, 0) is 57.1 Å². The highest BCUT2D eigenvalue weighted by atomic mass is 35.5. The Kier molecular flexibility index (Phi) is 4.50. The second-order valence-electron chi connectivity index (χ2n) is 6.87. The van der Waals surface area contributed by atoms with Crippen LogP contribution in [0.4, 0.5) is 4.39 Å². The van der Waals surface area contributed by atoms with E-state index in [9.17, 15) is 4.39 Å². The highest BCUT2D eigenvalue weighted by molar-refractivity contribution is 6.32. The van der Waals surface area contributed by atoms with Gasteiger partial charge >= 0.3 is 0 Å². The van der Waals surface area contributed by atoms with Crippen LogP contribution >= 0.6 is 11.6 Å². The van der Waals surface area contributed by atoms with Crippen LogP contribution in [0.2, 0.25) is 5.02 Å². The number of aromatic nitrogens is 2. The van der Waals surface area contributed by atoms with E-state index in [2.05, 4.69) is 9.97 Å². The van der Waals surface area contributed by atoms with Crippen molar-refractivity contribution >= 4 is 11.6 Å². The third-order valence-corrected chi connectivity index (χ3v) is 4.87. The molecule has 0 amide bonds.